The summed E-state index contributed by atoms with van der Waals surface area (Å²) in [5, 5.41) is 36.3. The second-order valence-corrected chi connectivity index (χ2v) is 6.68. The number of aliphatic carboxylic acids is 1. The van der Waals surface area contributed by atoms with E-state index < -0.39 is 35.4 Å². The molecule has 2 heterocycles. The molecule has 1 fully saturated rings. The van der Waals surface area contributed by atoms with Crippen LogP contribution in [0.4, 0.5) is 17.3 Å². The summed E-state index contributed by atoms with van der Waals surface area (Å²) in [6.45, 7) is 0.00484. The molecule has 27 heavy (non-hydrogen) atoms. The summed E-state index contributed by atoms with van der Waals surface area (Å²) in [5.41, 5.74) is 3.10. The van der Waals surface area contributed by atoms with E-state index in [1.54, 1.807) is 0 Å². The number of carbonyl (C=O) groups is 1. The number of aromatic nitrogens is 3. The van der Waals surface area contributed by atoms with Gasteiger partial charge in [0, 0.05) is 19.0 Å². The van der Waals surface area contributed by atoms with Gasteiger partial charge in [-0.3, -0.25) is 14.4 Å². The van der Waals surface area contributed by atoms with Crippen LogP contribution in [0.15, 0.2) is 15.9 Å². The van der Waals surface area contributed by atoms with Crippen molar-refractivity contribution in [3.63, 3.8) is 0 Å². The van der Waals surface area contributed by atoms with Gasteiger partial charge in [0.05, 0.1) is 0 Å². The highest BCUT2D eigenvalue weighted by atomic mass is 16.4. The molecule has 2 atom stereocenters. The lowest BCUT2D eigenvalue weighted by molar-refractivity contribution is -0.144. The Morgan fingerprint density at radius 1 is 1.44 bits per heavy atom. The fourth-order valence-electron chi connectivity index (χ4n) is 3.43. The number of carboxylic acids is 1. The number of aromatic amines is 1. The largest absolute Gasteiger partial charge is 0.480 e. The monoisotopic (exact) mass is 378 g/mol. The topological polar surface area (TPSA) is 195 Å². The highest BCUT2D eigenvalue weighted by Gasteiger charge is 2.50. The van der Waals surface area contributed by atoms with Gasteiger partial charge in [-0.05, 0) is 12.7 Å². The second-order valence-electron chi connectivity index (χ2n) is 6.68. The van der Waals surface area contributed by atoms with Crippen LogP contribution in [-0.4, -0.2) is 62.1 Å². The highest BCUT2D eigenvalue weighted by molar-refractivity contribution is 6.40. The van der Waals surface area contributed by atoms with E-state index in [1.165, 1.54) is 11.2 Å². The van der Waals surface area contributed by atoms with Crippen molar-refractivity contribution in [2.24, 2.45) is 11.7 Å². The molecule has 144 valence electrons. The molecular weight excluding hydrogens is 359 g/mol. The minimum Gasteiger partial charge on any atom is -0.480 e. The number of nitrogens with one attached hydrogen (secondary N) is 2. The Hall–Kier alpha value is -2.77. The van der Waals surface area contributed by atoms with Crippen molar-refractivity contribution < 1.29 is 19.9 Å². The van der Waals surface area contributed by atoms with E-state index in [0.29, 0.717) is 12.8 Å². The molecule has 0 spiro atoms. The zero-order chi connectivity index (χ0) is 19.8. The molecule has 0 saturated carbocycles. The Labute approximate surface area is 152 Å². The van der Waals surface area contributed by atoms with Gasteiger partial charge in [-0.1, -0.05) is 6.42 Å². The predicted molar refractivity (Wildman–Crippen MR) is 95.5 cm³/mol. The number of nitrogens with two attached hydrogens (primary N) is 1. The third kappa shape index (κ3) is 3.43. The number of rotatable bonds is 8. The maximum absolute atomic E-state index is 12.1. The minimum absolute atomic E-state index is 0.0101. The molecule has 2 aromatic rings. The summed E-state index contributed by atoms with van der Waals surface area (Å²) in [4.78, 5) is 41.0. The van der Waals surface area contributed by atoms with Crippen LogP contribution < -0.4 is 26.8 Å². The number of hydrogen-bond acceptors (Lipinski definition) is 10. The lowest BCUT2D eigenvalue weighted by Gasteiger charge is -2.25. The van der Waals surface area contributed by atoms with Crippen LogP contribution in [0.2, 0.25) is 6.32 Å². The third-order valence-electron chi connectivity index (χ3n) is 4.89. The zero-order valence-electron chi connectivity index (χ0n) is 14.3. The fraction of sp³-hybridized carbons (Fsp3) is 0.500. The van der Waals surface area contributed by atoms with E-state index in [4.69, 9.17) is 15.8 Å². The van der Waals surface area contributed by atoms with Crippen LogP contribution >= 0.6 is 0 Å². The summed E-state index contributed by atoms with van der Waals surface area (Å²) >= 11 is 0. The summed E-state index contributed by atoms with van der Waals surface area (Å²) in [5.74, 6) is -1.58. The van der Waals surface area contributed by atoms with Gasteiger partial charge in [0.2, 0.25) is 5.95 Å². The summed E-state index contributed by atoms with van der Waals surface area (Å²) in [6, 6.07) is 0. The Balaban J connectivity index is 1.82. The molecule has 7 N–H and O–H groups in total. The van der Waals surface area contributed by atoms with Gasteiger partial charge in [0.1, 0.15) is 23.2 Å². The Morgan fingerprint density at radius 2 is 2.19 bits per heavy atom. The van der Waals surface area contributed by atoms with E-state index in [1.807, 2.05) is 0 Å². The second kappa shape index (κ2) is 7.10. The molecule has 1 aliphatic heterocycles. The van der Waals surface area contributed by atoms with E-state index in [2.05, 4.69) is 20.5 Å². The standard InChI is InChI=1S/C14H19BN6O6/c16-14(12(24)25)5-21(4-7(14)2-1-3-15(26)27)9-8(10(22)11(9)23)19-13-17-6-18-20-13/h6-7,26-27H,1-5,16H2,(H,24,25)(H2,17,18,19,20)/t7-,14-/m0/s1. The quantitative estimate of drug-likeness (QED) is 0.212. The van der Waals surface area contributed by atoms with Gasteiger partial charge in [0.15, 0.2) is 0 Å². The summed E-state index contributed by atoms with van der Waals surface area (Å²) in [6.07, 6.45) is 2.00. The van der Waals surface area contributed by atoms with Crippen molar-refractivity contribution in [3.05, 3.63) is 26.8 Å². The van der Waals surface area contributed by atoms with Crippen LogP contribution in [0.1, 0.15) is 12.8 Å². The Kier molecular flexibility index (Phi) is 5.00. The minimum atomic E-state index is -1.62. The van der Waals surface area contributed by atoms with Gasteiger partial charge >= 0.3 is 13.1 Å². The molecule has 0 aliphatic carbocycles. The first-order chi connectivity index (χ1) is 12.7. The molecule has 12 nitrogen and oxygen atoms in total. The summed E-state index contributed by atoms with van der Waals surface area (Å²) in [7, 11) is -1.48. The van der Waals surface area contributed by atoms with Gasteiger partial charge in [0.25, 0.3) is 10.9 Å². The smallest absolute Gasteiger partial charge is 0.451 e. The van der Waals surface area contributed by atoms with Crippen LogP contribution in [-0.2, 0) is 4.79 Å². The van der Waals surface area contributed by atoms with E-state index in [9.17, 15) is 19.5 Å². The molecule has 13 heteroatoms. The predicted octanol–water partition coefficient (Wildman–Crippen LogP) is -2.38. The lowest BCUT2D eigenvalue weighted by atomic mass is 9.78. The average Bonchev–Trinajstić information content (AvgIpc) is 3.23. The SMILES string of the molecule is N[C@@]1(C(=O)O)CN(c2c(Nc3ncn[nH]3)c(=O)c2=O)C[C@@H]1CCCB(O)O. The van der Waals surface area contributed by atoms with Crippen molar-refractivity contribution in [1.29, 1.82) is 0 Å². The van der Waals surface area contributed by atoms with Crippen LogP contribution in [0.5, 0.6) is 0 Å². The first-order valence-corrected chi connectivity index (χ1v) is 8.33. The van der Waals surface area contributed by atoms with Gasteiger partial charge in [-0.25, -0.2) is 5.10 Å². The number of hydrogen-bond donors (Lipinski definition) is 6. The van der Waals surface area contributed by atoms with Crippen LogP contribution in [0.25, 0.3) is 0 Å². The fourth-order valence-corrected chi connectivity index (χ4v) is 3.43. The molecule has 1 aliphatic rings. The van der Waals surface area contributed by atoms with Gasteiger partial charge in [-0.2, -0.15) is 10.1 Å². The summed E-state index contributed by atoms with van der Waals surface area (Å²) < 4.78 is 0. The van der Waals surface area contributed by atoms with E-state index in [0.717, 1.165) is 0 Å². The number of H-pyrrole nitrogens is 1. The first kappa shape index (κ1) is 19.0. The maximum Gasteiger partial charge on any atom is 0.451 e. The van der Waals surface area contributed by atoms with Crippen LogP contribution in [0.3, 0.4) is 0 Å². The van der Waals surface area contributed by atoms with E-state index in [-0.39, 0.29) is 36.7 Å². The molecule has 1 saturated heterocycles. The van der Waals surface area contributed by atoms with Crippen molar-refractivity contribution in [1.82, 2.24) is 15.2 Å². The molecule has 1 aromatic heterocycles. The van der Waals surface area contributed by atoms with Gasteiger partial charge in [-0.15, -0.1) is 0 Å². The molecule has 3 rings (SSSR count). The normalized spacial score (nSPS) is 22.3. The van der Waals surface area contributed by atoms with Crippen molar-refractivity contribution >= 4 is 30.4 Å². The van der Waals surface area contributed by atoms with Crippen LogP contribution in [0, 0.1) is 5.92 Å². The lowest BCUT2D eigenvalue weighted by Crippen LogP contribution is -2.55. The molecule has 0 amide bonds. The first-order valence-electron chi connectivity index (χ1n) is 8.33. The van der Waals surface area contributed by atoms with Crippen molar-refractivity contribution in [3.8, 4) is 0 Å². The van der Waals surface area contributed by atoms with Crippen molar-refractivity contribution in [2.45, 2.75) is 24.7 Å². The maximum atomic E-state index is 12.1. The highest BCUT2D eigenvalue weighted by Crippen LogP contribution is 2.35. The Bertz CT molecular complexity index is 895. The molecule has 0 unspecified atom stereocenters. The molecule has 0 radical (unpaired) electrons. The third-order valence-corrected chi connectivity index (χ3v) is 4.89. The number of nitrogens with zero attached hydrogens (tertiary/aromatic N) is 3. The molecule has 0 bridgehead atoms. The number of carboxylic acid groups (broad SMARTS) is 1. The average molecular weight is 378 g/mol. The number of anilines is 3. The van der Waals surface area contributed by atoms with Gasteiger partial charge < -0.3 is 31.1 Å². The van der Waals surface area contributed by atoms with Crippen molar-refractivity contribution in [2.75, 3.05) is 23.3 Å². The molecule has 1 aromatic carbocycles. The molecular formula is C14H19BN6O6. The van der Waals surface area contributed by atoms with E-state index >= 15 is 0 Å². The Morgan fingerprint density at radius 3 is 2.78 bits per heavy atom. The zero-order valence-corrected chi connectivity index (χ0v) is 14.3.